The number of hydrogen-bond donors (Lipinski definition) is 1. The second-order valence-corrected chi connectivity index (χ2v) is 6.86. The molecule has 5 heteroatoms. The standard InChI is InChI=1S/C22H25NO4/c1-27-18-12-10-16(11-13-18)20-9-3-2-6-14-23(20)21(24)15-17-7-4-5-8-19(17)22(25)26/h4-5,7-8,10-13,20H,2-3,6,9,14-15H2,1H3,(H,25,26). The van der Waals surface area contributed by atoms with Crippen LogP contribution in [0.4, 0.5) is 0 Å². The van der Waals surface area contributed by atoms with E-state index in [-0.39, 0.29) is 23.9 Å². The van der Waals surface area contributed by atoms with Gasteiger partial charge in [0.1, 0.15) is 5.75 Å². The van der Waals surface area contributed by atoms with Crippen molar-refractivity contribution in [3.63, 3.8) is 0 Å². The molecule has 1 heterocycles. The molecule has 0 bridgehead atoms. The third-order valence-electron chi connectivity index (χ3n) is 5.16. The number of rotatable bonds is 5. The lowest BCUT2D eigenvalue weighted by atomic mass is 9.99. The van der Waals surface area contributed by atoms with Crippen LogP contribution in [-0.2, 0) is 11.2 Å². The van der Waals surface area contributed by atoms with Crippen LogP contribution < -0.4 is 4.74 Å². The summed E-state index contributed by atoms with van der Waals surface area (Å²) < 4.78 is 5.23. The number of likely N-dealkylation sites (tertiary alicyclic amines) is 1. The molecule has 1 N–H and O–H groups in total. The van der Waals surface area contributed by atoms with Crippen LogP contribution in [0.3, 0.4) is 0 Å². The first-order chi connectivity index (χ1) is 13.1. The number of hydrogen-bond acceptors (Lipinski definition) is 3. The Morgan fingerprint density at radius 2 is 1.81 bits per heavy atom. The molecule has 1 aliphatic heterocycles. The van der Waals surface area contributed by atoms with E-state index < -0.39 is 5.97 Å². The molecule has 0 aromatic heterocycles. The maximum absolute atomic E-state index is 13.1. The minimum atomic E-state index is -0.999. The molecule has 1 aliphatic rings. The van der Waals surface area contributed by atoms with Crippen molar-refractivity contribution in [1.29, 1.82) is 0 Å². The fraction of sp³-hybridized carbons (Fsp3) is 0.364. The van der Waals surface area contributed by atoms with Gasteiger partial charge in [-0.3, -0.25) is 4.79 Å². The van der Waals surface area contributed by atoms with Crippen LogP contribution in [0.15, 0.2) is 48.5 Å². The van der Waals surface area contributed by atoms with E-state index >= 15 is 0 Å². The van der Waals surface area contributed by atoms with E-state index in [9.17, 15) is 14.7 Å². The molecule has 2 aromatic carbocycles. The van der Waals surface area contributed by atoms with Gasteiger partial charge in [-0.25, -0.2) is 4.79 Å². The molecule has 1 unspecified atom stereocenters. The number of aromatic carboxylic acids is 1. The molecule has 1 fully saturated rings. The summed E-state index contributed by atoms with van der Waals surface area (Å²) in [5.41, 5.74) is 1.85. The van der Waals surface area contributed by atoms with Crippen molar-refractivity contribution in [3.8, 4) is 5.75 Å². The summed E-state index contributed by atoms with van der Waals surface area (Å²) in [6, 6.07) is 14.6. The zero-order valence-corrected chi connectivity index (χ0v) is 15.6. The molecule has 0 aliphatic carbocycles. The van der Waals surface area contributed by atoms with Gasteiger partial charge < -0.3 is 14.7 Å². The summed E-state index contributed by atoms with van der Waals surface area (Å²) in [5.74, 6) is -0.229. The van der Waals surface area contributed by atoms with Gasteiger partial charge in [-0.1, -0.05) is 43.2 Å². The van der Waals surface area contributed by atoms with Gasteiger partial charge in [-0.2, -0.15) is 0 Å². The lowest BCUT2D eigenvalue weighted by Gasteiger charge is -2.31. The van der Waals surface area contributed by atoms with Gasteiger partial charge in [0, 0.05) is 6.54 Å². The Bertz CT molecular complexity index is 800. The first-order valence-corrected chi connectivity index (χ1v) is 9.35. The number of amides is 1. The Balaban J connectivity index is 1.84. The van der Waals surface area contributed by atoms with Crippen molar-refractivity contribution in [3.05, 3.63) is 65.2 Å². The van der Waals surface area contributed by atoms with Crippen molar-refractivity contribution < 1.29 is 19.4 Å². The second-order valence-electron chi connectivity index (χ2n) is 6.86. The summed E-state index contributed by atoms with van der Waals surface area (Å²) in [7, 11) is 1.64. The highest BCUT2D eigenvalue weighted by Crippen LogP contribution is 2.31. The highest BCUT2D eigenvalue weighted by atomic mass is 16.5. The molecular weight excluding hydrogens is 342 g/mol. The quantitative estimate of drug-likeness (QED) is 0.865. The van der Waals surface area contributed by atoms with Crippen molar-refractivity contribution in [2.75, 3.05) is 13.7 Å². The number of carboxylic acid groups (broad SMARTS) is 1. The molecule has 1 saturated heterocycles. The van der Waals surface area contributed by atoms with Crippen LogP contribution >= 0.6 is 0 Å². The zero-order chi connectivity index (χ0) is 19.2. The van der Waals surface area contributed by atoms with Crippen molar-refractivity contribution in [2.45, 2.75) is 38.1 Å². The van der Waals surface area contributed by atoms with Crippen LogP contribution in [0.2, 0.25) is 0 Å². The van der Waals surface area contributed by atoms with Gasteiger partial charge in [-0.05, 0) is 42.2 Å². The van der Waals surface area contributed by atoms with Crippen molar-refractivity contribution >= 4 is 11.9 Å². The van der Waals surface area contributed by atoms with Gasteiger partial charge in [0.2, 0.25) is 5.91 Å². The predicted octanol–water partition coefficient (Wildman–Crippen LogP) is 4.08. The fourth-order valence-corrected chi connectivity index (χ4v) is 3.73. The normalized spacial score (nSPS) is 17.2. The average Bonchev–Trinajstić information content (AvgIpc) is 2.94. The number of methoxy groups -OCH3 is 1. The number of carboxylic acids is 1. The lowest BCUT2D eigenvalue weighted by Crippen LogP contribution is -2.36. The minimum absolute atomic E-state index is 0.0166. The zero-order valence-electron chi connectivity index (χ0n) is 15.6. The van der Waals surface area contributed by atoms with E-state index in [0.717, 1.165) is 37.0 Å². The molecule has 2 aromatic rings. The van der Waals surface area contributed by atoms with Gasteiger partial charge in [-0.15, -0.1) is 0 Å². The highest BCUT2D eigenvalue weighted by molar-refractivity contribution is 5.91. The number of carbonyl (C=O) groups is 2. The van der Waals surface area contributed by atoms with E-state index in [1.54, 1.807) is 31.4 Å². The first-order valence-electron chi connectivity index (χ1n) is 9.35. The van der Waals surface area contributed by atoms with Gasteiger partial charge >= 0.3 is 5.97 Å². The Morgan fingerprint density at radius 1 is 1.07 bits per heavy atom. The number of carbonyl (C=O) groups excluding carboxylic acids is 1. The topological polar surface area (TPSA) is 66.8 Å². The Hall–Kier alpha value is -2.82. The molecule has 0 spiro atoms. The smallest absolute Gasteiger partial charge is 0.335 e. The summed E-state index contributed by atoms with van der Waals surface area (Å²) in [5, 5.41) is 9.38. The molecule has 0 radical (unpaired) electrons. The third kappa shape index (κ3) is 4.48. The number of nitrogens with zero attached hydrogens (tertiary/aromatic N) is 1. The summed E-state index contributed by atoms with van der Waals surface area (Å²) in [6.07, 6.45) is 4.17. The van der Waals surface area contributed by atoms with E-state index in [4.69, 9.17) is 4.74 Å². The van der Waals surface area contributed by atoms with Crippen LogP contribution in [0, 0.1) is 0 Å². The molecule has 27 heavy (non-hydrogen) atoms. The van der Waals surface area contributed by atoms with Gasteiger partial charge in [0.25, 0.3) is 0 Å². The Kier molecular flexibility index (Phi) is 6.12. The summed E-state index contributed by atoms with van der Waals surface area (Å²) in [4.78, 5) is 26.5. The third-order valence-corrected chi connectivity index (χ3v) is 5.16. The molecule has 1 amide bonds. The van der Waals surface area contributed by atoms with Crippen molar-refractivity contribution in [2.24, 2.45) is 0 Å². The molecule has 3 rings (SSSR count). The van der Waals surface area contributed by atoms with E-state index in [1.165, 1.54) is 0 Å². The average molecular weight is 367 g/mol. The number of ether oxygens (including phenoxy) is 1. The maximum atomic E-state index is 13.1. The Morgan fingerprint density at radius 3 is 2.52 bits per heavy atom. The Labute approximate surface area is 159 Å². The van der Waals surface area contributed by atoms with E-state index in [1.807, 2.05) is 29.2 Å². The van der Waals surface area contributed by atoms with Crippen LogP contribution in [-0.4, -0.2) is 35.5 Å². The van der Waals surface area contributed by atoms with Crippen LogP contribution in [0.5, 0.6) is 5.75 Å². The molecule has 142 valence electrons. The largest absolute Gasteiger partial charge is 0.497 e. The molecular formula is C22H25NO4. The summed E-state index contributed by atoms with van der Waals surface area (Å²) >= 11 is 0. The molecule has 0 saturated carbocycles. The van der Waals surface area contributed by atoms with Crippen LogP contribution in [0.1, 0.15) is 53.2 Å². The predicted molar refractivity (Wildman–Crippen MR) is 103 cm³/mol. The molecule has 5 nitrogen and oxygen atoms in total. The van der Waals surface area contributed by atoms with Crippen molar-refractivity contribution in [1.82, 2.24) is 4.90 Å². The number of benzene rings is 2. The maximum Gasteiger partial charge on any atom is 0.335 e. The van der Waals surface area contributed by atoms with Gasteiger partial charge in [0.15, 0.2) is 0 Å². The molecule has 1 atom stereocenters. The first kappa shape index (κ1) is 19.0. The highest BCUT2D eigenvalue weighted by Gasteiger charge is 2.27. The fourth-order valence-electron chi connectivity index (χ4n) is 3.73. The minimum Gasteiger partial charge on any atom is -0.497 e. The van der Waals surface area contributed by atoms with Gasteiger partial charge in [0.05, 0.1) is 25.1 Å². The monoisotopic (exact) mass is 367 g/mol. The SMILES string of the molecule is COc1ccc(C2CCCCCN2C(=O)Cc2ccccc2C(=O)O)cc1. The van der Waals surface area contributed by atoms with E-state index in [0.29, 0.717) is 12.1 Å². The second kappa shape index (κ2) is 8.71. The summed E-state index contributed by atoms with van der Waals surface area (Å²) in [6.45, 7) is 0.699. The van der Waals surface area contributed by atoms with Crippen LogP contribution in [0.25, 0.3) is 0 Å². The van der Waals surface area contributed by atoms with E-state index in [2.05, 4.69) is 0 Å². The lowest BCUT2D eigenvalue weighted by molar-refractivity contribution is -0.132.